The summed E-state index contributed by atoms with van der Waals surface area (Å²) in [6.45, 7) is 6.99. The number of furan rings is 1. The predicted molar refractivity (Wildman–Crippen MR) is 70.1 cm³/mol. The lowest BCUT2D eigenvalue weighted by Gasteiger charge is -2.36. The van der Waals surface area contributed by atoms with Gasteiger partial charge in [-0.1, -0.05) is 6.92 Å². The average Bonchev–Trinajstić information content (AvgIpc) is 2.75. The van der Waals surface area contributed by atoms with Crippen molar-refractivity contribution in [2.45, 2.75) is 38.8 Å². The molecule has 3 unspecified atom stereocenters. The Morgan fingerprint density at radius 2 is 2.41 bits per heavy atom. The maximum Gasteiger partial charge on any atom is 0.105 e. The van der Waals surface area contributed by atoms with Gasteiger partial charge in [0.15, 0.2) is 0 Å². The van der Waals surface area contributed by atoms with Crippen LogP contribution < -0.4 is 5.32 Å². The fraction of sp³-hybridized carbons (Fsp3) is 0.714. The summed E-state index contributed by atoms with van der Waals surface area (Å²) >= 11 is 0. The highest BCUT2D eigenvalue weighted by Crippen LogP contribution is 2.16. The lowest BCUT2D eigenvalue weighted by Crippen LogP contribution is -2.50. The van der Waals surface area contributed by atoms with Gasteiger partial charge in [-0.25, -0.2) is 0 Å². The summed E-state index contributed by atoms with van der Waals surface area (Å²) in [5, 5.41) is 3.74. The summed E-state index contributed by atoms with van der Waals surface area (Å²) in [5.41, 5.74) is 0. The first-order valence-electron chi connectivity index (χ1n) is 6.62. The van der Waals surface area contributed by atoms with Crippen LogP contribution in [0.2, 0.25) is 0 Å². The molecule has 1 fully saturated rings. The Hall–Kier alpha value is -0.800. The molecular weight excluding hydrogens is 212 g/mol. The third-order valence-electron chi connectivity index (χ3n) is 3.69. The van der Waals surface area contributed by atoms with Crippen LogP contribution in [0.15, 0.2) is 22.8 Å². The molecule has 3 atom stereocenters. The van der Waals surface area contributed by atoms with E-state index in [9.17, 15) is 0 Å². The van der Waals surface area contributed by atoms with E-state index in [4.69, 9.17) is 4.42 Å². The highest BCUT2D eigenvalue weighted by Gasteiger charge is 2.25. The van der Waals surface area contributed by atoms with E-state index in [1.54, 1.807) is 6.26 Å². The first-order valence-corrected chi connectivity index (χ1v) is 6.62. The largest absolute Gasteiger partial charge is 0.469 e. The van der Waals surface area contributed by atoms with Crippen molar-refractivity contribution in [3.05, 3.63) is 24.2 Å². The van der Waals surface area contributed by atoms with Crippen LogP contribution in [0.3, 0.4) is 0 Å². The van der Waals surface area contributed by atoms with Crippen molar-refractivity contribution in [3.63, 3.8) is 0 Å². The van der Waals surface area contributed by atoms with E-state index in [1.165, 1.54) is 19.5 Å². The Morgan fingerprint density at radius 3 is 3.06 bits per heavy atom. The van der Waals surface area contributed by atoms with Crippen molar-refractivity contribution in [2.24, 2.45) is 5.92 Å². The quantitative estimate of drug-likeness (QED) is 0.868. The summed E-state index contributed by atoms with van der Waals surface area (Å²) in [4.78, 5) is 2.42. The molecule has 17 heavy (non-hydrogen) atoms. The molecule has 3 nitrogen and oxygen atoms in total. The average molecular weight is 236 g/mol. The highest BCUT2D eigenvalue weighted by atomic mass is 16.3. The maximum atomic E-state index is 5.39. The van der Waals surface area contributed by atoms with Crippen molar-refractivity contribution in [1.29, 1.82) is 0 Å². The summed E-state index contributed by atoms with van der Waals surface area (Å²) in [7, 11) is 2.21. The molecule has 0 spiro atoms. The molecule has 0 aromatic carbocycles. The number of hydrogen-bond donors (Lipinski definition) is 1. The molecule has 3 heteroatoms. The minimum atomic E-state index is 0.483. The summed E-state index contributed by atoms with van der Waals surface area (Å²) in [5.74, 6) is 1.80. The normalized spacial score (nSPS) is 28.2. The molecule has 1 aromatic heterocycles. The Kier molecular flexibility index (Phi) is 4.24. The molecule has 0 radical (unpaired) electrons. The number of nitrogens with zero attached hydrogens (tertiary/aromatic N) is 1. The topological polar surface area (TPSA) is 28.4 Å². The zero-order valence-corrected chi connectivity index (χ0v) is 11.1. The van der Waals surface area contributed by atoms with E-state index in [-0.39, 0.29) is 0 Å². The Bertz CT molecular complexity index is 323. The van der Waals surface area contributed by atoms with Crippen LogP contribution in [0.4, 0.5) is 0 Å². The van der Waals surface area contributed by atoms with Crippen LogP contribution in [-0.2, 0) is 6.42 Å². The molecule has 2 heterocycles. The van der Waals surface area contributed by atoms with E-state index in [0.717, 1.165) is 18.1 Å². The van der Waals surface area contributed by atoms with Gasteiger partial charge in [0.2, 0.25) is 0 Å². The number of hydrogen-bond acceptors (Lipinski definition) is 3. The smallest absolute Gasteiger partial charge is 0.105 e. The van der Waals surface area contributed by atoms with Gasteiger partial charge in [-0.3, -0.25) is 0 Å². The first kappa shape index (κ1) is 12.7. The summed E-state index contributed by atoms with van der Waals surface area (Å²) < 4.78 is 5.39. The van der Waals surface area contributed by atoms with Crippen LogP contribution in [0.5, 0.6) is 0 Å². The maximum absolute atomic E-state index is 5.39. The zero-order chi connectivity index (χ0) is 12.3. The van der Waals surface area contributed by atoms with Gasteiger partial charge >= 0.3 is 0 Å². The monoisotopic (exact) mass is 236 g/mol. The van der Waals surface area contributed by atoms with Gasteiger partial charge in [0.25, 0.3) is 0 Å². The van der Waals surface area contributed by atoms with Crippen molar-refractivity contribution >= 4 is 0 Å². The van der Waals surface area contributed by atoms with E-state index >= 15 is 0 Å². The molecule has 1 saturated heterocycles. The minimum Gasteiger partial charge on any atom is -0.469 e. The van der Waals surface area contributed by atoms with Gasteiger partial charge in [0.05, 0.1) is 6.26 Å². The molecule has 1 aliphatic rings. The number of piperidine rings is 1. The van der Waals surface area contributed by atoms with Crippen LogP contribution in [-0.4, -0.2) is 37.1 Å². The standard InChI is InChI=1S/C14H24N2O/c1-11-10-16(3)7-6-14(11)15-12(2)9-13-5-4-8-17-13/h4-5,8,11-12,14-15H,6-7,9-10H2,1-3H3. The van der Waals surface area contributed by atoms with Crippen molar-refractivity contribution in [2.75, 3.05) is 20.1 Å². The molecule has 1 aromatic rings. The van der Waals surface area contributed by atoms with Crippen molar-refractivity contribution in [3.8, 4) is 0 Å². The molecule has 0 saturated carbocycles. The third-order valence-corrected chi connectivity index (χ3v) is 3.69. The van der Waals surface area contributed by atoms with Crippen LogP contribution >= 0.6 is 0 Å². The second-order valence-corrected chi connectivity index (χ2v) is 5.49. The molecule has 0 amide bonds. The second kappa shape index (κ2) is 5.69. The molecule has 1 aliphatic heterocycles. The van der Waals surface area contributed by atoms with Crippen LogP contribution in [0, 0.1) is 5.92 Å². The Labute approximate surface area is 104 Å². The fourth-order valence-electron chi connectivity index (χ4n) is 2.76. The van der Waals surface area contributed by atoms with Gasteiger partial charge in [-0.05, 0) is 45.0 Å². The zero-order valence-electron chi connectivity index (χ0n) is 11.1. The SMILES string of the molecule is CC(Cc1ccco1)NC1CCN(C)CC1C. The second-order valence-electron chi connectivity index (χ2n) is 5.49. The van der Waals surface area contributed by atoms with Gasteiger partial charge in [-0.2, -0.15) is 0 Å². The fourth-order valence-corrected chi connectivity index (χ4v) is 2.76. The Morgan fingerprint density at radius 1 is 1.59 bits per heavy atom. The van der Waals surface area contributed by atoms with E-state index < -0.39 is 0 Å². The molecule has 96 valence electrons. The molecule has 2 rings (SSSR count). The van der Waals surface area contributed by atoms with Gasteiger partial charge in [0, 0.05) is 25.0 Å². The van der Waals surface area contributed by atoms with Crippen molar-refractivity contribution < 1.29 is 4.42 Å². The van der Waals surface area contributed by atoms with Crippen LogP contribution in [0.25, 0.3) is 0 Å². The predicted octanol–water partition coefficient (Wildman–Crippen LogP) is 2.14. The Balaban J connectivity index is 1.80. The lowest BCUT2D eigenvalue weighted by molar-refractivity contribution is 0.167. The third kappa shape index (κ3) is 3.58. The highest BCUT2D eigenvalue weighted by molar-refractivity contribution is 5.00. The van der Waals surface area contributed by atoms with Crippen LogP contribution in [0.1, 0.15) is 26.0 Å². The van der Waals surface area contributed by atoms with E-state index in [0.29, 0.717) is 12.1 Å². The minimum absolute atomic E-state index is 0.483. The summed E-state index contributed by atoms with van der Waals surface area (Å²) in [6.07, 6.45) is 3.98. The van der Waals surface area contributed by atoms with Gasteiger partial charge in [-0.15, -0.1) is 0 Å². The van der Waals surface area contributed by atoms with Gasteiger partial charge in [0.1, 0.15) is 5.76 Å². The number of rotatable bonds is 4. The molecule has 0 bridgehead atoms. The molecule has 0 aliphatic carbocycles. The summed E-state index contributed by atoms with van der Waals surface area (Å²) in [6, 6.07) is 5.14. The van der Waals surface area contributed by atoms with Crippen molar-refractivity contribution in [1.82, 2.24) is 10.2 Å². The molecular formula is C14H24N2O. The number of nitrogens with one attached hydrogen (secondary N) is 1. The lowest BCUT2D eigenvalue weighted by atomic mass is 9.93. The number of likely N-dealkylation sites (tertiary alicyclic amines) is 1. The van der Waals surface area contributed by atoms with E-state index in [1.807, 2.05) is 6.07 Å². The van der Waals surface area contributed by atoms with Gasteiger partial charge < -0.3 is 14.6 Å². The molecule has 1 N–H and O–H groups in total. The van der Waals surface area contributed by atoms with E-state index in [2.05, 4.69) is 37.2 Å². The first-order chi connectivity index (χ1) is 8.15.